The van der Waals surface area contributed by atoms with Gasteiger partial charge in [-0.05, 0) is 64.0 Å². The van der Waals surface area contributed by atoms with E-state index in [1.165, 1.54) is 3.57 Å². The lowest BCUT2D eigenvalue weighted by Gasteiger charge is -2.12. The number of hydrogen-bond acceptors (Lipinski definition) is 0. The van der Waals surface area contributed by atoms with Crippen molar-refractivity contribution in [3.8, 4) is 0 Å². The van der Waals surface area contributed by atoms with Crippen molar-refractivity contribution in [1.82, 2.24) is 0 Å². The molecule has 2 aromatic carbocycles. The monoisotopic (exact) mass is 396 g/mol. The first-order valence-corrected chi connectivity index (χ1v) is 7.19. The highest BCUT2D eigenvalue weighted by atomic mass is 127. The average Bonchev–Trinajstić information content (AvgIpc) is 2.32. The van der Waals surface area contributed by atoms with Crippen LogP contribution in [0.1, 0.15) is 16.5 Å². The summed E-state index contributed by atoms with van der Waals surface area (Å²) in [5.41, 5.74) is 1.85. The third-order valence-corrected chi connectivity index (χ3v) is 4.18. The Labute approximate surface area is 129 Å². The van der Waals surface area contributed by atoms with Gasteiger partial charge in [0.05, 0.1) is 5.38 Å². The number of benzene rings is 2. The van der Waals surface area contributed by atoms with Crippen LogP contribution in [0.15, 0.2) is 42.5 Å². The predicted octanol–water partition coefficient (Wildman–Crippen LogP) is 5.93. The molecule has 0 radical (unpaired) electrons. The van der Waals surface area contributed by atoms with E-state index in [1.807, 2.05) is 24.3 Å². The maximum Gasteiger partial charge on any atom is 0.0850 e. The van der Waals surface area contributed by atoms with Crippen LogP contribution < -0.4 is 0 Å². The summed E-state index contributed by atoms with van der Waals surface area (Å²) in [5, 5.41) is 0.992. The van der Waals surface area contributed by atoms with E-state index in [0.717, 1.165) is 11.1 Å². The maximum atomic E-state index is 6.42. The maximum absolute atomic E-state index is 6.42. The molecule has 17 heavy (non-hydrogen) atoms. The summed E-state index contributed by atoms with van der Waals surface area (Å²) in [4.78, 5) is 0. The summed E-state index contributed by atoms with van der Waals surface area (Å²) in [6.45, 7) is 0. The minimum Gasteiger partial charge on any atom is -0.113 e. The molecule has 0 aliphatic rings. The normalized spacial score (nSPS) is 12.5. The molecular formula is C13H8Cl3I. The van der Waals surface area contributed by atoms with Crippen LogP contribution in [0, 0.1) is 3.57 Å². The van der Waals surface area contributed by atoms with Crippen LogP contribution in [-0.4, -0.2) is 0 Å². The quantitative estimate of drug-likeness (QED) is 0.435. The first kappa shape index (κ1) is 13.5. The Hall–Kier alpha value is 0.0400. The van der Waals surface area contributed by atoms with Crippen LogP contribution in [0.3, 0.4) is 0 Å². The van der Waals surface area contributed by atoms with Crippen molar-refractivity contribution in [2.75, 3.05) is 0 Å². The van der Waals surface area contributed by atoms with E-state index in [0.29, 0.717) is 10.0 Å². The van der Waals surface area contributed by atoms with Crippen molar-refractivity contribution in [3.63, 3.8) is 0 Å². The van der Waals surface area contributed by atoms with Gasteiger partial charge in [0.2, 0.25) is 0 Å². The van der Waals surface area contributed by atoms with Gasteiger partial charge in [0.1, 0.15) is 0 Å². The Morgan fingerprint density at radius 3 is 2.24 bits per heavy atom. The molecule has 0 aliphatic heterocycles. The van der Waals surface area contributed by atoms with E-state index in [1.54, 1.807) is 18.2 Å². The van der Waals surface area contributed by atoms with Gasteiger partial charge in [-0.25, -0.2) is 0 Å². The highest BCUT2D eigenvalue weighted by Gasteiger charge is 2.14. The lowest BCUT2D eigenvalue weighted by molar-refractivity contribution is 1.14. The van der Waals surface area contributed by atoms with Gasteiger partial charge >= 0.3 is 0 Å². The van der Waals surface area contributed by atoms with E-state index >= 15 is 0 Å². The Balaban J connectivity index is 2.39. The number of rotatable bonds is 2. The molecule has 0 saturated carbocycles. The van der Waals surface area contributed by atoms with Gasteiger partial charge in [-0.2, -0.15) is 0 Å². The summed E-state index contributed by atoms with van der Waals surface area (Å²) in [5.74, 6) is 0. The minimum absolute atomic E-state index is 0.279. The molecule has 2 rings (SSSR count). The number of alkyl halides is 1. The Morgan fingerprint density at radius 2 is 1.59 bits per heavy atom. The molecule has 4 heteroatoms. The highest BCUT2D eigenvalue weighted by molar-refractivity contribution is 14.1. The van der Waals surface area contributed by atoms with Crippen LogP contribution >= 0.6 is 57.4 Å². The zero-order valence-electron chi connectivity index (χ0n) is 8.63. The third kappa shape index (κ3) is 3.28. The van der Waals surface area contributed by atoms with Crippen LogP contribution in [0.25, 0.3) is 0 Å². The van der Waals surface area contributed by atoms with E-state index in [9.17, 15) is 0 Å². The van der Waals surface area contributed by atoms with E-state index < -0.39 is 0 Å². The van der Waals surface area contributed by atoms with E-state index in [-0.39, 0.29) is 5.38 Å². The largest absolute Gasteiger partial charge is 0.113 e. The summed E-state index contributed by atoms with van der Waals surface area (Å²) in [6, 6.07) is 13.4. The molecule has 0 nitrogen and oxygen atoms in total. The van der Waals surface area contributed by atoms with Crippen molar-refractivity contribution in [2.24, 2.45) is 0 Å². The molecule has 2 aromatic rings. The van der Waals surface area contributed by atoms with Crippen LogP contribution in [0.2, 0.25) is 10.0 Å². The molecule has 0 spiro atoms. The molecule has 0 N–H and O–H groups in total. The predicted molar refractivity (Wildman–Crippen MR) is 83.3 cm³/mol. The fraction of sp³-hybridized carbons (Fsp3) is 0.0769. The molecule has 0 aromatic heterocycles. The fourth-order valence-corrected chi connectivity index (χ4v) is 2.67. The van der Waals surface area contributed by atoms with Gasteiger partial charge in [0, 0.05) is 13.6 Å². The second kappa shape index (κ2) is 5.79. The molecule has 88 valence electrons. The van der Waals surface area contributed by atoms with Crippen molar-refractivity contribution in [2.45, 2.75) is 5.38 Å². The first-order valence-electron chi connectivity index (χ1n) is 4.92. The van der Waals surface area contributed by atoms with Crippen molar-refractivity contribution in [1.29, 1.82) is 0 Å². The number of halogens is 4. The minimum atomic E-state index is -0.279. The molecule has 0 amide bonds. The van der Waals surface area contributed by atoms with Crippen LogP contribution in [0.5, 0.6) is 0 Å². The average molecular weight is 397 g/mol. The van der Waals surface area contributed by atoms with Crippen LogP contribution in [0.4, 0.5) is 0 Å². The summed E-state index contributed by atoms with van der Waals surface area (Å²) >= 11 is 20.8. The Kier molecular flexibility index (Phi) is 4.59. The van der Waals surface area contributed by atoms with Gasteiger partial charge in [-0.15, -0.1) is 11.6 Å². The Bertz CT molecular complexity index is 523. The second-order valence-electron chi connectivity index (χ2n) is 3.58. The SMILES string of the molecule is Clc1ccc(Cl)c(C(Cl)c2ccc(I)cc2)c1. The van der Waals surface area contributed by atoms with Gasteiger partial charge < -0.3 is 0 Å². The fourth-order valence-electron chi connectivity index (χ4n) is 1.52. The van der Waals surface area contributed by atoms with Crippen LogP contribution in [-0.2, 0) is 0 Å². The van der Waals surface area contributed by atoms with Gasteiger partial charge in [0.15, 0.2) is 0 Å². The molecule has 0 saturated heterocycles. The molecule has 0 bridgehead atoms. The molecular weight excluding hydrogens is 389 g/mol. The summed E-state index contributed by atoms with van der Waals surface area (Å²) in [7, 11) is 0. The molecule has 0 heterocycles. The zero-order valence-corrected chi connectivity index (χ0v) is 13.1. The molecule has 1 unspecified atom stereocenters. The van der Waals surface area contributed by atoms with E-state index in [4.69, 9.17) is 34.8 Å². The topological polar surface area (TPSA) is 0 Å². The zero-order chi connectivity index (χ0) is 12.4. The van der Waals surface area contributed by atoms with E-state index in [2.05, 4.69) is 22.6 Å². The van der Waals surface area contributed by atoms with Crippen molar-refractivity contribution in [3.05, 3.63) is 67.2 Å². The molecule has 1 atom stereocenters. The number of hydrogen-bond donors (Lipinski definition) is 0. The third-order valence-electron chi connectivity index (χ3n) is 2.39. The summed E-state index contributed by atoms with van der Waals surface area (Å²) in [6.07, 6.45) is 0. The van der Waals surface area contributed by atoms with Gasteiger partial charge in [-0.1, -0.05) is 35.3 Å². The van der Waals surface area contributed by atoms with Crippen molar-refractivity contribution >= 4 is 57.4 Å². The van der Waals surface area contributed by atoms with Gasteiger partial charge in [-0.3, -0.25) is 0 Å². The highest BCUT2D eigenvalue weighted by Crippen LogP contribution is 2.35. The second-order valence-corrected chi connectivity index (χ2v) is 6.11. The first-order chi connectivity index (χ1) is 8.08. The smallest absolute Gasteiger partial charge is 0.0850 e. The molecule has 0 aliphatic carbocycles. The Morgan fingerprint density at radius 1 is 0.941 bits per heavy atom. The molecule has 0 fully saturated rings. The lowest BCUT2D eigenvalue weighted by Crippen LogP contribution is -1.94. The standard InChI is InChI=1S/C13H8Cl3I/c14-9-3-6-12(15)11(7-9)13(16)8-1-4-10(17)5-2-8/h1-7,13H. The lowest BCUT2D eigenvalue weighted by atomic mass is 10.0. The van der Waals surface area contributed by atoms with Crippen molar-refractivity contribution < 1.29 is 0 Å². The summed E-state index contributed by atoms with van der Waals surface area (Å²) < 4.78 is 1.17. The van der Waals surface area contributed by atoms with Gasteiger partial charge in [0.25, 0.3) is 0 Å².